The second kappa shape index (κ2) is 5.40. The molecule has 2 aliphatic rings. The number of hydrogen-bond acceptors (Lipinski definition) is 2. The van der Waals surface area contributed by atoms with Gasteiger partial charge in [-0.1, -0.05) is 19.4 Å². The molecule has 1 unspecified atom stereocenters. The van der Waals surface area contributed by atoms with E-state index in [-0.39, 0.29) is 0 Å². The van der Waals surface area contributed by atoms with Gasteiger partial charge in [0.25, 0.3) is 0 Å². The van der Waals surface area contributed by atoms with Crippen molar-refractivity contribution in [1.82, 2.24) is 10.2 Å². The first-order chi connectivity index (χ1) is 6.79. The van der Waals surface area contributed by atoms with Gasteiger partial charge in [-0.05, 0) is 26.7 Å². The molecule has 0 aromatic rings. The highest BCUT2D eigenvalue weighted by atomic mass is 15.2. The van der Waals surface area contributed by atoms with Crippen molar-refractivity contribution in [3.63, 3.8) is 0 Å². The van der Waals surface area contributed by atoms with Crippen LogP contribution in [0.3, 0.4) is 0 Å². The van der Waals surface area contributed by atoms with Gasteiger partial charge in [0.15, 0.2) is 0 Å². The van der Waals surface area contributed by atoms with E-state index in [1.54, 1.807) is 5.57 Å². The van der Waals surface area contributed by atoms with Crippen LogP contribution < -0.4 is 5.32 Å². The van der Waals surface area contributed by atoms with E-state index in [2.05, 4.69) is 24.1 Å². The third-order valence-corrected chi connectivity index (χ3v) is 3.25. The first kappa shape index (κ1) is 11.6. The van der Waals surface area contributed by atoms with Crippen molar-refractivity contribution >= 4 is 0 Å². The van der Waals surface area contributed by atoms with Gasteiger partial charge in [-0.3, -0.25) is 0 Å². The van der Waals surface area contributed by atoms with E-state index in [1.807, 2.05) is 13.8 Å². The van der Waals surface area contributed by atoms with E-state index >= 15 is 0 Å². The summed E-state index contributed by atoms with van der Waals surface area (Å²) < 4.78 is 0. The minimum atomic E-state index is 0.780. The van der Waals surface area contributed by atoms with Gasteiger partial charge in [0.1, 0.15) is 0 Å². The van der Waals surface area contributed by atoms with E-state index < -0.39 is 0 Å². The Bertz CT molecular complexity index is 208. The molecule has 2 heteroatoms. The summed E-state index contributed by atoms with van der Waals surface area (Å²) in [5, 5.41) is 3.46. The third kappa shape index (κ3) is 2.30. The number of piperazine rings is 1. The fourth-order valence-electron chi connectivity index (χ4n) is 2.27. The lowest BCUT2D eigenvalue weighted by atomic mass is 9.96. The molecule has 1 N–H and O–H groups in total. The molecule has 2 aliphatic heterocycles. The topological polar surface area (TPSA) is 15.3 Å². The Morgan fingerprint density at radius 3 is 2.71 bits per heavy atom. The van der Waals surface area contributed by atoms with Crippen LogP contribution in [-0.4, -0.2) is 30.6 Å². The SMILES string of the molecule is CC.CC1=C(C)N2CCNCC2CC1. The smallest absolute Gasteiger partial charge is 0.0415 e. The molecule has 0 aliphatic carbocycles. The van der Waals surface area contributed by atoms with Crippen LogP contribution in [-0.2, 0) is 0 Å². The predicted octanol–water partition coefficient (Wildman–Crippen LogP) is 2.37. The molecule has 2 nitrogen and oxygen atoms in total. The molecule has 0 aromatic carbocycles. The van der Waals surface area contributed by atoms with Crippen molar-refractivity contribution in [2.24, 2.45) is 0 Å². The molecule has 14 heavy (non-hydrogen) atoms. The second-order valence-electron chi connectivity index (χ2n) is 3.96. The van der Waals surface area contributed by atoms with E-state index in [9.17, 15) is 0 Å². The maximum Gasteiger partial charge on any atom is 0.0415 e. The van der Waals surface area contributed by atoms with Gasteiger partial charge in [0.05, 0.1) is 0 Å². The zero-order chi connectivity index (χ0) is 10.6. The third-order valence-electron chi connectivity index (χ3n) is 3.25. The molecule has 0 bridgehead atoms. The summed E-state index contributed by atoms with van der Waals surface area (Å²) in [5.41, 5.74) is 3.13. The molecule has 82 valence electrons. The maximum atomic E-state index is 3.46. The Labute approximate surface area is 88.4 Å². The van der Waals surface area contributed by atoms with Crippen LogP contribution in [0.25, 0.3) is 0 Å². The molecule has 0 aromatic heterocycles. The lowest BCUT2D eigenvalue weighted by Crippen LogP contribution is -2.51. The number of rotatable bonds is 0. The van der Waals surface area contributed by atoms with Crippen molar-refractivity contribution in [3.05, 3.63) is 11.3 Å². The van der Waals surface area contributed by atoms with Gasteiger partial charge in [-0.15, -0.1) is 0 Å². The quantitative estimate of drug-likeness (QED) is 0.640. The van der Waals surface area contributed by atoms with E-state index in [0.29, 0.717) is 0 Å². The highest BCUT2D eigenvalue weighted by Crippen LogP contribution is 2.26. The fourth-order valence-corrected chi connectivity index (χ4v) is 2.27. The largest absolute Gasteiger partial charge is 0.370 e. The Morgan fingerprint density at radius 1 is 1.29 bits per heavy atom. The monoisotopic (exact) mass is 196 g/mol. The maximum absolute atomic E-state index is 3.46. The Kier molecular flexibility index (Phi) is 4.46. The van der Waals surface area contributed by atoms with Crippen molar-refractivity contribution in [1.29, 1.82) is 0 Å². The zero-order valence-corrected chi connectivity index (χ0v) is 10.1. The van der Waals surface area contributed by atoms with Crippen LogP contribution in [0.5, 0.6) is 0 Å². The molecule has 1 saturated heterocycles. The van der Waals surface area contributed by atoms with Gasteiger partial charge in [0.2, 0.25) is 0 Å². The number of nitrogens with zero attached hydrogens (tertiary/aromatic N) is 1. The molecule has 2 heterocycles. The summed E-state index contributed by atoms with van der Waals surface area (Å²) in [5.74, 6) is 0. The molecular formula is C12H24N2. The predicted molar refractivity (Wildman–Crippen MR) is 62.3 cm³/mol. The lowest BCUT2D eigenvalue weighted by molar-refractivity contribution is 0.183. The number of hydrogen-bond donors (Lipinski definition) is 1. The minimum absolute atomic E-state index is 0.780. The summed E-state index contributed by atoms with van der Waals surface area (Å²) in [4.78, 5) is 2.58. The van der Waals surface area contributed by atoms with Gasteiger partial charge < -0.3 is 10.2 Å². The van der Waals surface area contributed by atoms with Crippen LogP contribution in [0, 0.1) is 0 Å². The summed E-state index contributed by atoms with van der Waals surface area (Å²) >= 11 is 0. The Hall–Kier alpha value is -0.500. The van der Waals surface area contributed by atoms with Crippen LogP contribution in [0.1, 0.15) is 40.5 Å². The number of allylic oxidation sites excluding steroid dienone is 2. The first-order valence-corrected chi connectivity index (χ1v) is 5.93. The van der Waals surface area contributed by atoms with Crippen molar-refractivity contribution in [2.45, 2.75) is 46.6 Å². The summed E-state index contributed by atoms with van der Waals surface area (Å²) in [6.07, 6.45) is 2.64. The van der Waals surface area contributed by atoms with Crippen LogP contribution in [0.15, 0.2) is 11.3 Å². The zero-order valence-electron chi connectivity index (χ0n) is 10.1. The van der Waals surface area contributed by atoms with Crippen LogP contribution >= 0.6 is 0 Å². The molecule has 0 spiro atoms. The molecule has 0 radical (unpaired) electrons. The van der Waals surface area contributed by atoms with Gasteiger partial charge in [0, 0.05) is 31.4 Å². The second-order valence-corrected chi connectivity index (χ2v) is 3.96. The van der Waals surface area contributed by atoms with Crippen molar-refractivity contribution in [2.75, 3.05) is 19.6 Å². The van der Waals surface area contributed by atoms with Crippen LogP contribution in [0.2, 0.25) is 0 Å². The van der Waals surface area contributed by atoms with E-state index in [1.165, 1.54) is 31.6 Å². The molecule has 0 saturated carbocycles. The molecule has 1 fully saturated rings. The first-order valence-electron chi connectivity index (χ1n) is 5.93. The van der Waals surface area contributed by atoms with Gasteiger partial charge in [-0.2, -0.15) is 0 Å². The number of fused-ring (bicyclic) bond motifs is 1. The number of nitrogens with one attached hydrogen (secondary N) is 1. The van der Waals surface area contributed by atoms with Gasteiger partial charge in [-0.25, -0.2) is 0 Å². The Morgan fingerprint density at radius 2 is 2.00 bits per heavy atom. The normalized spacial score (nSPS) is 26.6. The summed E-state index contributed by atoms with van der Waals surface area (Å²) in [7, 11) is 0. The standard InChI is InChI=1S/C10H18N2.C2H6/c1-8-3-4-10-7-11-5-6-12(10)9(8)2;1-2/h10-11H,3-7H2,1-2H3;1-2H3. The molecule has 0 amide bonds. The minimum Gasteiger partial charge on any atom is -0.370 e. The molecule has 1 atom stereocenters. The van der Waals surface area contributed by atoms with Crippen molar-refractivity contribution < 1.29 is 0 Å². The summed E-state index contributed by atoms with van der Waals surface area (Å²) in [6, 6.07) is 0.780. The lowest BCUT2D eigenvalue weighted by Gasteiger charge is -2.42. The highest BCUT2D eigenvalue weighted by Gasteiger charge is 2.26. The van der Waals surface area contributed by atoms with E-state index in [0.717, 1.165) is 12.6 Å². The molecule has 2 rings (SSSR count). The average molecular weight is 196 g/mol. The summed E-state index contributed by atoms with van der Waals surface area (Å²) in [6.45, 7) is 12.1. The Balaban J connectivity index is 0.000000461. The van der Waals surface area contributed by atoms with Crippen molar-refractivity contribution in [3.8, 4) is 0 Å². The fraction of sp³-hybridized carbons (Fsp3) is 0.833. The van der Waals surface area contributed by atoms with Crippen LogP contribution in [0.4, 0.5) is 0 Å². The molecular weight excluding hydrogens is 172 g/mol. The van der Waals surface area contributed by atoms with E-state index in [4.69, 9.17) is 0 Å². The van der Waals surface area contributed by atoms with Gasteiger partial charge >= 0.3 is 0 Å². The highest BCUT2D eigenvalue weighted by molar-refractivity contribution is 5.15. The average Bonchev–Trinajstić information content (AvgIpc) is 2.27.